The van der Waals surface area contributed by atoms with Crippen molar-refractivity contribution >= 4 is 34.8 Å². The van der Waals surface area contributed by atoms with Crippen LogP contribution < -0.4 is 11.1 Å². The molecule has 4 N–H and O–H groups in total. The van der Waals surface area contributed by atoms with Gasteiger partial charge in [-0.2, -0.15) is 0 Å². The number of nitrogens with one attached hydrogen (secondary N) is 1. The van der Waals surface area contributed by atoms with Gasteiger partial charge in [-0.05, 0) is 29.8 Å². The molecular weight excluding hydrogens is 299 g/mol. The topological polar surface area (TPSA) is 75.4 Å². The fraction of sp³-hybridized carbons (Fsp3) is 0.0714. The van der Waals surface area contributed by atoms with Crippen molar-refractivity contribution in [2.24, 2.45) is 5.73 Å². The number of benzene rings is 2. The molecule has 0 radical (unpaired) electrons. The third-order valence-corrected chi connectivity index (χ3v) is 3.30. The zero-order chi connectivity index (χ0) is 14.7. The molecule has 2 aromatic carbocycles. The van der Waals surface area contributed by atoms with Crippen molar-refractivity contribution in [3.63, 3.8) is 0 Å². The van der Waals surface area contributed by atoms with Gasteiger partial charge in [0.25, 0.3) is 0 Å². The largest absolute Gasteiger partial charge is 0.505 e. The molecule has 20 heavy (non-hydrogen) atoms. The maximum Gasteiger partial charge on any atom is 0.248 e. The Bertz CT molecular complexity index is 636. The first-order chi connectivity index (χ1) is 9.47. The summed E-state index contributed by atoms with van der Waals surface area (Å²) in [7, 11) is 0. The highest BCUT2D eigenvalue weighted by Crippen LogP contribution is 2.34. The van der Waals surface area contributed by atoms with E-state index in [0.29, 0.717) is 17.8 Å². The summed E-state index contributed by atoms with van der Waals surface area (Å²) in [6.07, 6.45) is 0. The van der Waals surface area contributed by atoms with Crippen molar-refractivity contribution < 1.29 is 9.90 Å². The van der Waals surface area contributed by atoms with Crippen LogP contribution in [0.25, 0.3) is 0 Å². The molecule has 0 aliphatic heterocycles. The van der Waals surface area contributed by atoms with Gasteiger partial charge in [0.1, 0.15) is 0 Å². The Morgan fingerprint density at radius 3 is 2.45 bits per heavy atom. The second kappa shape index (κ2) is 6.03. The lowest BCUT2D eigenvalue weighted by atomic mass is 10.1. The SMILES string of the molecule is NC(=O)c1cccc(CNc2cc(Cl)c(O)c(Cl)c2)c1. The number of phenolic OH excluding ortho intramolecular Hbond substituents is 1. The number of hydrogen-bond donors (Lipinski definition) is 3. The fourth-order valence-corrected chi connectivity index (χ4v) is 2.19. The van der Waals surface area contributed by atoms with Crippen LogP contribution in [-0.2, 0) is 6.54 Å². The molecule has 6 heteroatoms. The lowest BCUT2D eigenvalue weighted by molar-refractivity contribution is 0.1000. The number of phenols is 1. The molecular formula is C14H12Cl2N2O2. The van der Waals surface area contributed by atoms with Crippen LogP contribution in [0.4, 0.5) is 5.69 Å². The number of anilines is 1. The Hall–Kier alpha value is -1.91. The molecule has 2 rings (SSSR count). The van der Waals surface area contributed by atoms with Crippen LogP contribution in [0.1, 0.15) is 15.9 Å². The predicted octanol–water partition coefficient (Wildman–Crippen LogP) is 3.41. The fourth-order valence-electron chi connectivity index (χ4n) is 1.71. The van der Waals surface area contributed by atoms with Crippen molar-refractivity contribution in [1.82, 2.24) is 0 Å². The molecule has 0 aliphatic rings. The van der Waals surface area contributed by atoms with E-state index in [2.05, 4.69) is 5.32 Å². The first-order valence-electron chi connectivity index (χ1n) is 5.78. The van der Waals surface area contributed by atoms with Crippen molar-refractivity contribution in [1.29, 1.82) is 0 Å². The zero-order valence-corrected chi connectivity index (χ0v) is 11.9. The van der Waals surface area contributed by atoms with Gasteiger partial charge in [-0.1, -0.05) is 35.3 Å². The average molecular weight is 311 g/mol. The van der Waals surface area contributed by atoms with Crippen LogP contribution in [0.3, 0.4) is 0 Å². The summed E-state index contributed by atoms with van der Waals surface area (Å²) < 4.78 is 0. The van der Waals surface area contributed by atoms with Crippen LogP contribution >= 0.6 is 23.2 Å². The molecule has 0 heterocycles. The summed E-state index contributed by atoms with van der Waals surface area (Å²) in [6, 6.07) is 10.1. The molecule has 0 spiro atoms. The first-order valence-corrected chi connectivity index (χ1v) is 6.53. The third-order valence-electron chi connectivity index (χ3n) is 2.73. The van der Waals surface area contributed by atoms with E-state index >= 15 is 0 Å². The molecule has 0 bridgehead atoms. The van der Waals surface area contributed by atoms with Crippen molar-refractivity contribution in [3.05, 3.63) is 57.6 Å². The maximum atomic E-state index is 11.1. The van der Waals surface area contributed by atoms with Crippen LogP contribution in [0.5, 0.6) is 5.75 Å². The zero-order valence-electron chi connectivity index (χ0n) is 10.4. The summed E-state index contributed by atoms with van der Waals surface area (Å²) in [5.74, 6) is -0.614. The smallest absolute Gasteiger partial charge is 0.248 e. The Labute approximate surface area is 126 Å². The average Bonchev–Trinajstić information content (AvgIpc) is 2.42. The number of amides is 1. The monoisotopic (exact) mass is 310 g/mol. The summed E-state index contributed by atoms with van der Waals surface area (Å²) in [4.78, 5) is 11.1. The summed E-state index contributed by atoms with van der Waals surface area (Å²) in [6.45, 7) is 0.471. The Morgan fingerprint density at radius 2 is 1.85 bits per heavy atom. The number of rotatable bonds is 4. The predicted molar refractivity (Wildman–Crippen MR) is 80.4 cm³/mol. The summed E-state index contributed by atoms with van der Waals surface area (Å²) in [5.41, 5.74) is 7.23. The molecule has 1 amide bonds. The van der Waals surface area contributed by atoms with Gasteiger partial charge in [0, 0.05) is 17.8 Å². The van der Waals surface area contributed by atoms with E-state index in [4.69, 9.17) is 28.9 Å². The van der Waals surface area contributed by atoms with Crippen molar-refractivity contribution in [3.8, 4) is 5.75 Å². The van der Waals surface area contributed by atoms with E-state index in [1.807, 2.05) is 6.07 Å². The highest BCUT2D eigenvalue weighted by Gasteiger charge is 2.07. The van der Waals surface area contributed by atoms with Crippen molar-refractivity contribution in [2.45, 2.75) is 6.54 Å². The molecule has 0 fully saturated rings. The van der Waals surface area contributed by atoms with Crippen LogP contribution in [0.15, 0.2) is 36.4 Å². The van der Waals surface area contributed by atoms with Gasteiger partial charge in [-0.3, -0.25) is 4.79 Å². The van der Waals surface area contributed by atoms with E-state index in [0.717, 1.165) is 5.56 Å². The lowest BCUT2D eigenvalue weighted by Gasteiger charge is -2.09. The number of halogens is 2. The molecule has 0 unspecified atom stereocenters. The number of carbonyl (C=O) groups is 1. The molecule has 2 aromatic rings. The maximum absolute atomic E-state index is 11.1. The molecule has 104 valence electrons. The highest BCUT2D eigenvalue weighted by atomic mass is 35.5. The molecule has 0 saturated carbocycles. The van der Waals surface area contributed by atoms with E-state index in [-0.39, 0.29) is 15.8 Å². The van der Waals surface area contributed by atoms with Gasteiger partial charge in [-0.25, -0.2) is 0 Å². The molecule has 4 nitrogen and oxygen atoms in total. The second-order valence-electron chi connectivity index (χ2n) is 4.21. The van der Waals surface area contributed by atoms with Crippen molar-refractivity contribution in [2.75, 3.05) is 5.32 Å². The van der Waals surface area contributed by atoms with Crippen LogP contribution in [0, 0.1) is 0 Å². The summed E-state index contributed by atoms with van der Waals surface area (Å²) in [5, 5.41) is 12.9. The molecule has 0 aliphatic carbocycles. The molecule has 0 atom stereocenters. The van der Waals surface area contributed by atoms with Gasteiger partial charge in [-0.15, -0.1) is 0 Å². The third kappa shape index (κ3) is 3.35. The Morgan fingerprint density at radius 1 is 1.20 bits per heavy atom. The van der Waals surface area contributed by atoms with Gasteiger partial charge in [0.15, 0.2) is 5.75 Å². The number of nitrogens with two attached hydrogens (primary N) is 1. The normalized spacial score (nSPS) is 10.3. The van der Waals surface area contributed by atoms with Gasteiger partial charge in [0.05, 0.1) is 10.0 Å². The first kappa shape index (κ1) is 14.5. The number of primary amides is 1. The number of hydrogen-bond acceptors (Lipinski definition) is 3. The number of carbonyl (C=O) groups excluding carboxylic acids is 1. The Balaban J connectivity index is 2.13. The summed E-state index contributed by atoms with van der Waals surface area (Å²) >= 11 is 11.7. The van der Waals surface area contributed by atoms with E-state index in [9.17, 15) is 9.90 Å². The minimum absolute atomic E-state index is 0.144. The lowest BCUT2D eigenvalue weighted by Crippen LogP contribution is -2.11. The van der Waals surface area contributed by atoms with Gasteiger partial charge < -0.3 is 16.2 Å². The minimum Gasteiger partial charge on any atom is -0.505 e. The standard InChI is InChI=1S/C14H12Cl2N2O2/c15-11-5-10(6-12(16)13(11)19)18-7-8-2-1-3-9(4-8)14(17)20/h1-6,18-19H,7H2,(H2,17,20). The Kier molecular flexibility index (Phi) is 4.37. The van der Waals surface area contributed by atoms with E-state index in [1.54, 1.807) is 30.3 Å². The van der Waals surface area contributed by atoms with Gasteiger partial charge in [0.2, 0.25) is 5.91 Å². The quantitative estimate of drug-likeness (QED) is 0.757. The van der Waals surface area contributed by atoms with Gasteiger partial charge >= 0.3 is 0 Å². The van der Waals surface area contributed by atoms with Crippen LogP contribution in [-0.4, -0.2) is 11.0 Å². The highest BCUT2D eigenvalue weighted by molar-refractivity contribution is 6.37. The van der Waals surface area contributed by atoms with E-state index in [1.165, 1.54) is 0 Å². The number of aromatic hydroxyl groups is 1. The van der Waals surface area contributed by atoms with E-state index < -0.39 is 5.91 Å². The minimum atomic E-state index is -0.470. The molecule has 0 aromatic heterocycles. The molecule has 0 saturated heterocycles. The van der Waals surface area contributed by atoms with Crippen LogP contribution in [0.2, 0.25) is 10.0 Å². The second-order valence-corrected chi connectivity index (χ2v) is 5.02.